The minimum absolute atomic E-state index is 0.0784. The summed E-state index contributed by atoms with van der Waals surface area (Å²) in [7, 11) is 3.64. The van der Waals surface area contributed by atoms with Crippen molar-refractivity contribution >= 4 is 17.2 Å². The number of aryl methyl sites for hydroxylation is 1. The summed E-state index contributed by atoms with van der Waals surface area (Å²) in [5.41, 5.74) is -0.0784. The number of morpholine rings is 1. The molecule has 1 aliphatic heterocycles. The van der Waals surface area contributed by atoms with Crippen molar-refractivity contribution < 1.29 is 4.74 Å². The molecule has 0 aromatic carbocycles. The standard InChI is InChI=1S/C17H24N4O2S/c1-19-8-6-18-16(17(19)22)20(2)12-14-13-21(9-10-23-14)7-5-15-4-3-11-24-15/h3-4,6,8,11,14H,5,7,9-10,12-13H2,1-2H3/t14-/m1/s1. The maximum Gasteiger partial charge on any atom is 0.293 e. The molecule has 6 nitrogen and oxygen atoms in total. The van der Waals surface area contributed by atoms with Crippen molar-refractivity contribution in [3.63, 3.8) is 0 Å². The number of hydrogen-bond acceptors (Lipinski definition) is 6. The Morgan fingerprint density at radius 2 is 2.38 bits per heavy atom. The lowest BCUT2D eigenvalue weighted by Gasteiger charge is -2.34. The Hall–Kier alpha value is -1.70. The zero-order valence-corrected chi connectivity index (χ0v) is 15.0. The Labute approximate surface area is 146 Å². The molecule has 24 heavy (non-hydrogen) atoms. The fraction of sp³-hybridized carbons (Fsp3) is 0.529. The molecule has 0 spiro atoms. The summed E-state index contributed by atoms with van der Waals surface area (Å²) < 4.78 is 7.44. The fourth-order valence-corrected chi connectivity index (χ4v) is 3.65. The van der Waals surface area contributed by atoms with E-state index >= 15 is 0 Å². The van der Waals surface area contributed by atoms with Crippen molar-refractivity contribution in [2.45, 2.75) is 12.5 Å². The second kappa shape index (κ2) is 7.92. The van der Waals surface area contributed by atoms with Gasteiger partial charge in [0.25, 0.3) is 5.56 Å². The van der Waals surface area contributed by atoms with Crippen molar-refractivity contribution in [3.8, 4) is 0 Å². The van der Waals surface area contributed by atoms with Gasteiger partial charge in [0.15, 0.2) is 5.82 Å². The number of ether oxygens (including phenoxy) is 1. The van der Waals surface area contributed by atoms with E-state index in [-0.39, 0.29) is 11.7 Å². The molecule has 1 aliphatic rings. The average molecular weight is 348 g/mol. The Morgan fingerprint density at radius 1 is 1.50 bits per heavy atom. The Bertz CT molecular complexity index is 701. The summed E-state index contributed by atoms with van der Waals surface area (Å²) in [5.74, 6) is 0.472. The van der Waals surface area contributed by atoms with Crippen molar-refractivity contribution in [3.05, 3.63) is 45.1 Å². The molecule has 130 valence electrons. The number of aromatic nitrogens is 2. The van der Waals surface area contributed by atoms with Gasteiger partial charge in [-0.05, 0) is 17.9 Å². The largest absolute Gasteiger partial charge is 0.374 e. The molecule has 0 unspecified atom stereocenters. The average Bonchev–Trinajstić information content (AvgIpc) is 3.09. The quantitative estimate of drug-likeness (QED) is 0.786. The summed E-state index contributed by atoms with van der Waals surface area (Å²) in [4.78, 5) is 22.1. The minimum Gasteiger partial charge on any atom is -0.374 e. The second-order valence-electron chi connectivity index (χ2n) is 6.17. The number of anilines is 1. The molecule has 0 N–H and O–H groups in total. The summed E-state index contributed by atoms with van der Waals surface area (Å²) in [5, 5.41) is 2.12. The topological polar surface area (TPSA) is 50.6 Å². The van der Waals surface area contributed by atoms with Crippen LogP contribution in [0, 0.1) is 0 Å². The molecule has 1 saturated heterocycles. The van der Waals surface area contributed by atoms with Crippen LogP contribution >= 0.6 is 11.3 Å². The monoisotopic (exact) mass is 348 g/mol. The summed E-state index contributed by atoms with van der Waals surface area (Å²) in [6.07, 6.45) is 4.51. The van der Waals surface area contributed by atoms with Gasteiger partial charge in [0.1, 0.15) is 0 Å². The van der Waals surface area contributed by atoms with Crippen LogP contribution in [0.4, 0.5) is 5.82 Å². The molecule has 7 heteroatoms. The Balaban J connectivity index is 1.54. The van der Waals surface area contributed by atoms with Crippen LogP contribution in [0.25, 0.3) is 0 Å². The van der Waals surface area contributed by atoms with Gasteiger partial charge < -0.3 is 14.2 Å². The summed E-state index contributed by atoms with van der Waals surface area (Å²) >= 11 is 1.81. The van der Waals surface area contributed by atoms with Gasteiger partial charge in [0, 0.05) is 57.5 Å². The molecule has 0 aliphatic carbocycles. The molecular formula is C17H24N4O2S. The van der Waals surface area contributed by atoms with Crippen LogP contribution in [0.2, 0.25) is 0 Å². The number of hydrogen-bond donors (Lipinski definition) is 0. The molecule has 2 aromatic heterocycles. The normalized spacial score (nSPS) is 18.7. The number of rotatable bonds is 6. The first-order valence-electron chi connectivity index (χ1n) is 8.22. The highest BCUT2D eigenvalue weighted by Gasteiger charge is 2.23. The molecule has 3 rings (SSSR count). The van der Waals surface area contributed by atoms with E-state index in [0.29, 0.717) is 12.4 Å². The van der Waals surface area contributed by atoms with E-state index in [1.807, 2.05) is 23.3 Å². The van der Waals surface area contributed by atoms with Gasteiger partial charge in [-0.15, -0.1) is 11.3 Å². The van der Waals surface area contributed by atoms with Crippen LogP contribution in [-0.4, -0.2) is 60.4 Å². The molecule has 3 heterocycles. The highest BCUT2D eigenvalue weighted by Crippen LogP contribution is 2.13. The van der Waals surface area contributed by atoms with Crippen LogP contribution < -0.4 is 10.5 Å². The van der Waals surface area contributed by atoms with Crippen LogP contribution in [0.3, 0.4) is 0 Å². The third-order valence-corrected chi connectivity index (χ3v) is 5.25. The zero-order chi connectivity index (χ0) is 16.9. The van der Waals surface area contributed by atoms with E-state index in [0.717, 1.165) is 32.7 Å². The molecule has 0 saturated carbocycles. The number of likely N-dealkylation sites (N-methyl/N-ethyl adjacent to an activating group) is 1. The van der Waals surface area contributed by atoms with Crippen molar-refractivity contribution in [1.29, 1.82) is 0 Å². The van der Waals surface area contributed by atoms with Crippen molar-refractivity contribution in [2.24, 2.45) is 7.05 Å². The van der Waals surface area contributed by atoms with Gasteiger partial charge >= 0.3 is 0 Å². The molecule has 2 aromatic rings. The van der Waals surface area contributed by atoms with E-state index in [4.69, 9.17) is 4.74 Å². The van der Waals surface area contributed by atoms with Crippen LogP contribution in [0.5, 0.6) is 0 Å². The van der Waals surface area contributed by atoms with Crippen LogP contribution in [0.1, 0.15) is 4.88 Å². The lowest BCUT2D eigenvalue weighted by molar-refractivity contribution is -0.0230. The highest BCUT2D eigenvalue weighted by molar-refractivity contribution is 7.09. The molecule has 0 radical (unpaired) electrons. The van der Waals surface area contributed by atoms with E-state index in [1.165, 1.54) is 4.88 Å². The molecular weight excluding hydrogens is 324 g/mol. The number of thiophene rings is 1. The first-order valence-corrected chi connectivity index (χ1v) is 9.10. The molecule has 1 atom stereocenters. The second-order valence-corrected chi connectivity index (χ2v) is 7.20. The fourth-order valence-electron chi connectivity index (χ4n) is 2.96. The van der Waals surface area contributed by atoms with Crippen LogP contribution in [-0.2, 0) is 18.2 Å². The van der Waals surface area contributed by atoms with Gasteiger partial charge in [-0.3, -0.25) is 9.69 Å². The molecule has 0 amide bonds. The third-order valence-electron chi connectivity index (χ3n) is 4.32. The first-order chi connectivity index (χ1) is 11.6. The lowest BCUT2D eigenvalue weighted by atomic mass is 10.2. The Morgan fingerprint density at radius 3 is 3.17 bits per heavy atom. The van der Waals surface area contributed by atoms with E-state index in [1.54, 1.807) is 24.0 Å². The van der Waals surface area contributed by atoms with Gasteiger partial charge in [-0.2, -0.15) is 0 Å². The predicted octanol–water partition coefficient (Wildman–Crippen LogP) is 1.22. The van der Waals surface area contributed by atoms with E-state index in [2.05, 4.69) is 27.4 Å². The smallest absolute Gasteiger partial charge is 0.293 e. The molecule has 1 fully saturated rings. The van der Waals surface area contributed by atoms with Gasteiger partial charge in [-0.1, -0.05) is 6.07 Å². The molecule has 0 bridgehead atoms. The van der Waals surface area contributed by atoms with Gasteiger partial charge in [0.2, 0.25) is 0 Å². The maximum atomic E-state index is 12.2. The lowest BCUT2D eigenvalue weighted by Crippen LogP contribution is -2.48. The SMILES string of the molecule is CN(C[C@@H]1CN(CCc2cccs2)CCO1)c1nccn(C)c1=O. The van der Waals surface area contributed by atoms with Crippen molar-refractivity contribution in [2.75, 3.05) is 44.7 Å². The minimum atomic E-state index is -0.0784. The van der Waals surface area contributed by atoms with Crippen LogP contribution in [0.15, 0.2) is 34.7 Å². The van der Waals surface area contributed by atoms with Crippen molar-refractivity contribution in [1.82, 2.24) is 14.5 Å². The third kappa shape index (κ3) is 4.23. The van der Waals surface area contributed by atoms with E-state index < -0.39 is 0 Å². The predicted molar refractivity (Wildman–Crippen MR) is 97.0 cm³/mol. The number of nitrogens with zero attached hydrogens (tertiary/aromatic N) is 4. The van der Waals surface area contributed by atoms with E-state index in [9.17, 15) is 4.79 Å². The highest BCUT2D eigenvalue weighted by atomic mass is 32.1. The summed E-state index contributed by atoms with van der Waals surface area (Å²) in [6.45, 7) is 4.32. The summed E-state index contributed by atoms with van der Waals surface area (Å²) in [6, 6.07) is 4.29. The maximum absolute atomic E-state index is 12.2. The Kier molecular flexibility index (Phi) is 5.65. The van der Waals surface area contributed by atoms with Gasteiger partial charge in [-0.25, -0.2) is 4.98 Å². The first kappa shape index (κ1) is 17.1. The van der Waals surface area contributed by atoms with Gasteiger partial charge in [0.05, 0.1) is 12.7 Å². The zero-order valence-electron chi connectivity index (χ0n) is 14.2.